The van der Waals surface area contributed by atoms with E-state index >= 15 is 0 Å². The maximum Gasteiger partial charge on any atom is 0.0885 e. The third kappa shape index (κ3) is 4.03. The Bertz CT molecular complexity index is 364. The molecule has 2 unspecified atom stereocenters. The summed E-state index contributed by atoms with van der Waals surface area (Å²) in [5, 5.41) is 18.7. The summed E-state index contributed by atoms with van der Waals surface area (Å²) in [6.45, 7) is -0.401. The average Bonchev–Trinajstić information content (AvgIpc) is 2.23. The van der Waals surface area contributed by atoms with Crippen LogP contribution in [0.4, 0.5) is 0 Å². The summed E-state index contributed by atoms with van der Waals surface area (Å²) in [7, 11) is -1.30. The molecule has 0 bridgehead atoms. The molecule has 0 amide bonds. The van der Waals surface area contributed by atoms with Crippen molar-refractivity contribution >= 4 is 34.0 Å². The van der Waals surface area contributed by atoms with Gasteiger partial charge >= 0.3 is 0 Å². The van der Waals surface area contributed by atoms with E-state index in [4.69, 9.17) is 33.4 Å². The van der Waals surface area contributed by atoms with Crippen molar-refractivity contribution in [1.29, 1.82) is 0 Å². The number of rotatable bonds is 5. The molecule has 3 nitrogen and oxygen atoms in total. The van der Waals surface area contributed by atoms with Crippen molar-refractivity contribution < 1.29 is 14.4 Å². The first-order valence-corrected chi connectivity index (χ1v) is 6.85. The molecule has 2 N–H and O–H groups in total. The normalized spacial score (nSPS) is 14.8. The fraction of sp³-hybridized carbons (Fsp3) is 0.400. The molecule has 0 spiro atoms. The van der Waals surface area contributed by atoms with Gasteiger partial charge in [0.05, 0.1) is 24.2 Å². The van der Waals surface area contributed by atoms with Crippen LogP contribution in [0.5, 0.6) is 0 Å². The van der Waals surface area contributed by atoms with Crippen molar-refractivity contribution in [1.82, 2.24) is 0 Å². The molecule has 0 fully saturated rings. The van der Waals surface area contributed by atoms with Crippen molar-refractivity contribution in [3.63, 3.8) is 0 Å². The van der Waals surface area contributed by atoms with Crippen LogP contribution in [0.15, 0.2) is 18.2 Å². The summed E-state index contributed by atoms with van der Waals surface area (Å²) in [6.07, 6.45) is -0.970. The van der Waals surface area contributed by atoms with Gasteiger partial charge in [-0.1, -0.05) is 29.3 Å². The number of benzene rings is 1. The minimum absolute atomic E-state index is 0.0120. The summed E-state index contributed by atoms with van der Waals surface area (Å²) in [6, 6.07) is 5.05. The van der Waals surface area contributed by atoms with Crippen molar-refractivity contribution in [3.05, 3.63) is 33.8 Å². The number of aliphatic hydroxyl groups is 2. The Balaban J connectivity index is 2.70. The molecule has 1 aromatic carbocycles. The lowest BCUT2D eigenvalue weighted by atomic mass is 10.2. The predicted molar refractivity (Wildman–Crippen MR) is 66.3 cm³/mol. The molecule has 0 heterocycles. The van der Waals surface area contributed by atoms with Crippen LogP contribution in [0, 0.1) is 0 Å². The van der Waals surface area contributed by atoms with Crippen molar-refractivity contribution in [2.45, 2.75) is 11.9 Å². The molecular formula is C10H12Cl2O3S. The van der Waals surface area contributed by atoms with E-state index in [9.17, 15) is 4.21 Å². The van der Waals surface area contributed by atoms with E-state index in [0.29, 0.717) is 15.6 Å². The Morgan fingerprint density at radius 2 is 1.88 bits per heavy atom. The molecule has 0 saturated carbocycles. The molecule has 1 rings (SSSR count). The van der Waals surface area contributed by atoms with Crippen LogP contribution < -0.4 is 0 Å². The topological polar surface area (TPSA) is 57.5 Å². The molecule has 2 atom stereocenters. The fourth-order valence-corrected chi connectivity index (χ4v) is 3.13. The maximum atomic E-state index is 11.6. The molecule has 0 aliphatic rings. The van der Waals surface area contributed by atoms with E-state index in [0.717, 1.165) is 0 Å². The molecule has 0 aliphatic heterocycles. The first-order valence-electron chi connectivity index (χ1n) is 4.61. The second-order valence-electron chi connectivity index (χ2n) is 3.29. The molecule has 1 aromatic rings. The van der Waals surface area contributed by atoms with Gasteiger partial charge in [0.1, 0.15) is 0 Å². The molecule has 0 aromatic heterocycles. The summed E-state index contributed by atoms with van der Waals surface area (Å²) in [4.78, 5) is 0. The molecule has 0 saturated heterocycles. The number of halogens is 2. The average molecular weight is 283 g/mol. The van der Waals surface area contributed by atoms with Gasteiger partial charge in [0.2, 0.25) is 0 Å². The minimum Gasteiger partial charge on any atom is -0.394 e. The Kier molecular flexibility index (Phi) is 5.72. The lowest BCUT2D eigenvalue weighted by molar-refractivity contribution is 0.113. The molecule has 16 heavy (non-hydrogen) atoms. The van der Waals surface area contributed by atoms with E-state index < -0.39 is 23.5 Å². The standard InChI is InChI=1S/C10H12Cl2O3S/c11-9-2-1-3-10(12)8(9)6-16(15)5-7(14)4-13/h1-3,7,13-14H,4-6H2. The van der Waals surface area contributed by atoms with E-state index in [-0.39, 0.29) is 11.5 Å². The zero-order valence-corrected chi connectivity index (χ0v) is 10.7. The Morgan fingerprint density at radius 1 is 1.31 bits per heavy atom. The fourth-order valence-electron chi connectivity index (χ4n) is 1.16. The van der Waals surface area contributed by atoms with E-state index in [1.807, 2.05) is 0 Å². The highest BCUT2D eigenvalue weighted by atomic mass is 35.5. The largest absolute Gasteiger partial charge is 0.394 e. The zero-order valence-electron chi connectivity index (χ0n) is 8.40. The Labute approximate surface area is 106 Å². The van der Waals surface area contributed by atoms with Gasteiger partial charge in [-0.2, -0.15) is 0 Å². The minimum atomic E-state index is -1.30. The smallest absolute Gasteiger partial charge is 0.0885 e. The lowest BCUT2D eigenvalue weighted by Gasteiger charge is -2.09. The monoisotopic (exact) mass is 282 g/mol. The molecule has 90 valence electrons. The molecule has 6 heteroatoms. The molecule has 0 aliphatic carbocycles. The predicted octanol–water partition coefficient (Wildman–Crippen LogP) is 1.60. The van der Waals surface area contributed by atoms with Gasteiger partial charge in [-0.15, -0.1) is 0 Å². The van der Waals surface area contributed by atoms with Crippen LogP contribution in [0.2, 0.25) is 10.0 Å². The van der Waals surface area contributed by atoms with Crippen LogP contribution in [-0.2, 0) is 16.6 Å². The quantitative estimate of drug-likeness (QED) is 0.863. The summed E-state index contributed by atoms with van der Waals surface area (Å²) < 4.78 is 11.6. The Morgan fingerprint density at radius 3 is 2.38 bits per heavy atom. The van der Waals surface area contributed by atoms with Gasteiger partial charge in [0.25, 0.3) is 0 Å². The SMILES string of the molecule is O=S(Cc1c(Cl)cccc1Cl)CC(O)CO. The first kappa shape index (κ1) is 13.9. The maximum absolute atomic E-state index is 11.6. The van der Waals surface area contributed by atoms with Crippen molar-refractivity contribution in [2.75, 3.05) is 12.4 Å². The van der Waals surface area contributed by atoms with Gasteiger partial charge in [0, 0.05) is 26.4 Å². The van der Waals surface area contributed by atoms with E-state index in [1.165, 1.54) is 0 Å². The summed E-state index contributed by atoms with van der Waals surface area (Å²) >= 11 is 11.8. The second kappa shape index (κ2) is 6.57. The van der Waals surface area contributed by atoms with Crippen LogP contribution in [0.1, 0.15) is 5.56 Å². The third-order valence-electron chi connectivity index (χ3n) is 1.96. The van der Waals surface area contributed by atoms with Gasteiger partial charge in [0.15, 0.2) is 0 Å². The zero-order chi connectivity index (χ0) is 12.1. The first-order chi connectivity index (χ1) is 7.54. The van der Waals surface area contributed by atoms with Gasteiger partial charge in [-0.05, 0) is 12.1 Å². The number of hydrogen-bond donors (Lipinski definition) is 2. The van der Waals surface area contributed by atoms with Gasteiger partial charge in [-0.3, -0.25) is 4.21 Å². The third-order valence-corrected chi connectivity index (χ3v) is 4.03. The van der Waals surface area contributed by atoms with Gasteiger partial charge < -0.3 is 10.2 Å². The summed E-state index contributed by atoms with van der Waals surface area (Å²) in [5.74, 6) is 0.188. The van der Waals surface area contributed by atoms with Crippen LogP contribution in [0.25, 0.3) is 0 Å². The van der Waals surface area contributed by atoms with Crippen molar-refractivity contribution in [3.8, 4) is 0 Å². The van der Waals surface area contributed by atoms with Gasteiger partial charge in [-0.25, -0.2) is 0 Å². The molecule has 0 radical (unpaired) electrons. The summed E-state index contributed by atoms with van der Waals surface area (Å²) in [5.41, 5.74) is 0.606. The highest BCUT2D eigenvalue weighted by Crippen LogP contribution is 2.25. The van der Waals surface area contributed by atoms with E-state index in [1.54, 1.807) is 18.2 Å². The van der Waals surface area contributed by atoms with Crippen LogP contribution in [-0.4, -0.2) is 32.9 Å². The second-order valence-corrected chi connectivity index (χ2v) is 5.60. The van der Waals surface area contributed by atoms with Crippen molar-refractivity contribution in [2.24, 2.45) is 0 Å². The highest BCUT2D eigenvalue weighted by Gasteiger charge is 2.12. The highest BCUT2D eigenvalue weighted by molar-refractivity contribution is 7.84. The molecular weight excluding hydrogens is 271 g/mol. The van der Waals surface area contributed by atoms with Crippen LogP contribution >= 0.6 is 23.2 Å². The van der Waals surface area contributed by atoms with E-state index in [2.05, 4.69) is 0 Å². The Hall–Kier alpha value is -0.130. The number of hydrogen-bond acceptors (Lipinski definition) is 3. The van der Waals surface area contributed by atoms with Crippen LogP contribution in [0.3, 0.4) is 0 Å². The number of aliphatic hydroxyl groups excluding tert-OH is 2. The lowest BCUT2D eigenvalue weighted by Crippen LogP contribution is -2.21.